The minimum atomic E-state index is -0.883. The first-order valence-corrected chi connectivity index (χ1v) is 6.54. The molecule has 0 bridgehead atoms. The monoisotopic (exact) mass is 261 g/mol. The maximum Gasteiger partial charge on any atom is 0.337 e. The molecule has 0 aliphatic carbocycles. The zero-order valence-corrected chi connectivity index (χ0v) is 11.2. The molecule has 0 amide bonds. The molecule has 3 nitrogen and oxygen atoms in total. The number of aromatic carboxylic acids is 1. The number of nitrogens with zero attached hydrogens (tertiary/aromatic N) is 1. The molecule has 2 rings (SSSR count). The summed E-state index contributed by atoms with van der Waals surface area (Å²) < 4.78 is 0. The molecule has 0 aliphatic heterocycles. The van der Waals surface area contributed by atoms with Crippen LogP contribution >= 0.6 is 11.3 Å². The number of benzene rings is 1. The van der Waals surface area contributed by atoms with Crippen molar-refractivity contribution in [2.45, 2.75) is 13.5 Å². The van der Waals surface area contributed by atoms with Crippen LogP contribution in [0.4, 0.5) is 5.69 Å². The third-order valence-corrected chi connectivity index (χ3v) is 3.68. The fourth-order valence-electron chi connectivity index (χ4n) is 2.05. The van der Waals surface area contributed by atoms with Gasteiger partial charge in [0.2, 0.25) is 0 Å². The lowest BCUT2D eigenvalue weighted by Crippen LogP contribution is -2.20. The Morgan fingerprint density at radius 3 is 2.72 bits per heavy atom. The summed E-state index contributed by atoms with van der Waals surface area (Å²) in [6.45, 7) is 2.66. The number of anilines is 1. The average molecular weight is 261 g/mol. The summed E-state index contributed by atoms with van der Waals surface area (Å²) in [5.41, 5.74) is 2.13. The van der Waals surface area contributed by atoms with Crippen LogP contribution in [0.5, 0.6) is 0 Å². The summed E-state index contributed by atoms with van der Waals surface area (Å²) >= 11 is 1.68. The van der Waals surface area contributed by atoms with E-state index in [-0.39, 0.29) is 0 Å². The zero-order chi connectivity index (χ0) is 13.1. The first kappa shape index (κ1) is 12.6. The Labute approximate surface area is 110 Å². The Kier molecular flexibility index (Phi) is 3.67. The Balaban J connectivity index is 2.34. The molecule has 4 heteroatoms. The second kappa shape index (κ2) is 5.23. The number of carbonyl (C=O) groups is 1. The summed E-state index contributed by atoms with van der Waals surface area (Å²) in [6, 6.07) is 9.42. The van der Waals surface area contributed by atoms with E-state index < -0.39 is 5.97 Å². The van der Waals surface area contributed by atoms with Crippen molar-refractivity contribution in [3.63, 3.8) is 0 Å². The van der Waals surface area contributed by atoms with E-state index in [4.69, 9.17) is 0 Å². The number of hydrogen-bond acceptors (Lipinski definition) is 3. The van der Waals surface area contributed by atoms with E-state index in [1.807, 2.05) is 36.4 Å². The second-order valence-electron chi connectivity index (χ2n) is 4.21. The Hall–Kier alpha value is -1.81. The lowest BCUT2D eigenvalue weighted by Gasteiger charge is -2.22. The molecule has 0 aliphatic rings. The fraction of sp³-hybridized carbons (Fsp3) is 0.214. The number of para-hydroxylation sites is 1. The van der Waals surface area contributed by atoms with Gasteiger partial charge in [-0.2, -0.15) is 0 Å². The molecule has 0 spiro atoms. The van der Waals surface area contributed by atoms with Crippen LogP contribution in [-0.2, 0) is 6.54 Å². The lowest BCUT2D eigenvalue weighted by atomic mass is 10.1. The third-order valence-electron chi connectivity index (χ3n) is 2.82. The van der Waals surface area contributed by atoms with Crippen molar-refractivity contribution in [2.75, 3.05) is 11.9 Å². The van der Waals surface area contributed by atoms with Crippen LogP contribution in [0.2, 0.25) is 0 Å². The highest BCUT2D eigenvalue weighted by Crippen LogP contribution is 2.26. The van der Waals surface area contributed by atoms with Crippen LogP contribution in [-0.4, -0.2) is 18.1 Å². The maximum absolute atomic E-state index is 11.3. The molecule has 1 heterocycles. The van der Waals surface area contributed by atoms with Gasteiger partial charge in [-0.25, -0.2) is 4.79 Å². The van der Waals surface area contributed by atoms with Gasteiger partial charge in [0, 0.05) is 11.9 Å². The highest BCUT2D eigenvalue weighted by atomic mass is 32.1. The maximum atomic E-state index is 11.3. The van der Waals surface area contributed by atoms with E-state index in [9.17, 15) is 9.90 Å². The molecule has 0 radical (unpaired) electrons. The first-order valence-electron chi connectivity index (χ1n) is 5.66. The molecule has 0 saturated carbocycles. The largest absolute Gasteiger partial charge is 0.478 e. The summed E-state index contributed by atoms with van der Waals surface area (Å²) in [6.07, 6.45) is 0. The second-order valence-corrected chi connectivity index (χ2v) is 5.24. The van der Waals surface area contributed by atoms with Crippen molar-refractivity contribution < 1.29 is 9.90 Å². The van der Waals surface area contributed by atoms with Gasteiger partial charge in [0.15, 0.2) is 0 Å². The van der Waals surface area contributed by atoms with Crippen LogP contribution in [0.1, 0.15) is 20.8 Å². The van der Waals surface area contributed by atoms with Crippen molar-refractivity contribution in [2.24, 2.45) is 0 Å². The minimum absolute atomic E-state index is 0.356. The summed E-state index contributed by atoms with van der Waals surface area (Å²) in [5, 5.41) is 11.3. The smallest absolute Gasteiger partial charge is 0.337 e. The van der Waals surface area contributed by atoms with Crippen LogP contribution in [0.3, 0.4) is 0 Å². The number of rotatable bonds is 4. The molecule has 1 N–H and O–H groups in total. The van der Waals surface area contributed by atoms with Crippen molar-refractivity contribution in [1.29, 1.82) is 0 Å². The number of carboxylic acid groups (broad SMARTS) is 1. The van der Waals surface area contributed by atoms with Crippen molar-refractivity contribution in [3.8, 4) is 0 Å². The van der Waals surface area contributed by atoms with Crippen LogP contribution in [0.25, 0.3) is 0 Å². The van der Waals surface area contributed by atoms with E-state index in [1.54, 1.807) is 23.5 Å². The number of thiophene rings is 1. The Morgan fingerprint density at radius 2 is 2.11 bits per heavy atom. The van der Waals surface area contributed by atoms with E-state index in [2.05, 4.69) is 6.07 Å². The van der Waals surface area contributed by atoms with Gasteiger partial charge in [-0.15, -0.1) is 11.3 Å². The van der Waals surface area contributed by atoms with Gasteiger partial charge in [-0.1, -0.05) is 18.2 Å². The number of hydrogen-bond donors (Lipinski definition) is 1. The molecular weight excluding hydrogens is 246 g/mol. The number of carboxylic acids is 1. The summed E-state index contributed by atoms with van der Waals surface area (Å²) in [7, 11) is 1.93. The van der Waals surface area contributed by atoms with Crippen molar-refractivity contribution in [3.05, 3.63) is 51.7 Å². The predicted molar refractivity (Wildman–Crippen MR) is 74.6 cm³/mol. The van der Waals surface area contributed by atoms with Crippen molar-refractivity contribution in [1.82, 2.24) is 0 Å². The predicted octanol–water partition coefficient (Wildman–Crippen LogP) is 3.39. The Morgan fingerprint density at radius 1 is 1.33 bits per heavy atom. The summed E-state index contributed by atoms with van der Waals surface area (Å²) in [4.78, 5) is 14.5. The van der Waals surface area contributed by atoms with Crippen LogP contribution < -0.4 is 4.90 Å². The van der Waals surface area contributed by atoms with Gasteiger partial charge in [0.25, 0.3) is 0 Å². The average Bonchev–Trinajstić information content (AvgIpc) is 2.81. The molecule has 0 saturated heterocycles. The minimum Gasteiger partial charge on any atom is -0.478 e. The normalized spacial score (nSPS) is 10.3. The van der Waals surface area contributed by atoms with Crippen molar-refractivity contribution >= 4 is 23.0 Å². The van der Waals surface area contributed by atoms with Crippen LogP contribution in [0, 0.1) is 6.92 Å². The Bertz CT molecular complexity index is 549. The molecular formula is C14H15NO2S. The van der Waals surface area contributed by atoms with Gasteiger partial charge in [-0.05, 0) is 30.0 Å². The standard InChI is InChI=1S/C14H15NO2S/c1-10-5-3-7-12(14(16)17)13(10)15(2)9-11-6-4-8-18-11/h3-8H,9H2,1-2H3,(H,16,17). The van der Waals surface area contributed by atoms with Gasteiger partial charge >= 0.3 is 5.97 Å². The molecule has 0 unspecified atom stereocenters. The zero-order valence-electron chi connectivity index (χ0n) is 10.4. The van der Waals surface area contributed by atoms with E-state index in [1.165, 1.54) is 4.88 Å². The molecule has 1 aromatic heterocycles. The molecule has 18 heavy (non-hydrogen) atoms. The van der Waals surface area contributed by atoms with E-state index in [0.29, 0.717) is 5.56 Å². The molecule has 94 valence electrons. The molecule has 0 fully saturated rings. The number of aryl methyl sites for hydroxylation is 1. The molecule has 2 aromatic rings. The highest BCUT2D eigenvalue weighted by molar-refractivity contribution is 7.09. The van der Waals surface area contributed by atoms with E-state index >= 15 is 0 Å². The van der Waals surface area contributed by atoms with Gasteiger partial charge in [-0.3, -0.25) is 0 Å². The molecule has 0 atom stereocenters. The van der Waals surface area contributed by atoms with E-state index in [0.717, 1.165) is 17.8 Å². The fourth-order valence-corrected chi connectivity index (χ4v) is 2.81. The van der Waals surface area contributed by atoms with Gasteiger partial charge < -0.3 is 10.0 Å². The van der Waals surface area contributed by atoms with Gasteiger partial charge in [0.1, 0.15) is 0 Å². The quantitative estimate of drug-likeness (QED) is 0.917. The SMILES string of the molecule is Cc1cccc(C(=O)O)c1N(C)Cc1cccs1. The highest BCUT2D eigenvalue weighted by Gasteiger charge is 2.15. The first-order chi connectivity index (χ1) is 8.59. The lowest BCUT2D eigenvalue weighted by molar-refractivity contribution is 0.0697. The topological polar surface area (TPSA) is 40.5 Å². The third kappa shape index (κ3) is 2.54. The molecule has 1 aromatic carbocycles. The van der Waals surface area contributed by atoms with Gasteiger partial charge in [0.05, 0.1) is 17.8 Å². The van der Waals surface area contributed by atoms with Crippen LogP contribution in [0.15, 0.2) is 35.7 Å². The summed E-state index contributed by atoms with van der Waals surface area (Å²) in [5.74, 6) is -0.883.